The van der Waals surface area contributed by atoms with Crippen LogP contribution in [0.2, 0.25) is 0 Å². The average molecular weight is 384 g/mol. The lowest BCUT2D eigenvalue weighted by molar-refractivity contribution is 0.503. The van der Waals surface area contributed by atoms with Crippen LogP contribution >= 0.6 is 17.9 Å². The highest BCUT2D eigenvalue weighted by Crippen LogP contribution is 2.39. The maximum atomic E-state index is 7.87. The Balaban J connectivity index is 0.000000324. The van der Waals surface area contributed by atoms with E-state index in [1.807, 2.05) is 0 Å². The van der Waals surface area contributed by atoms with Crippen LogP contribution < -0.4 is 0 Å². The van der Waals surface area contributed by atoms with E-state index in [-0.39, 0.29) is 0 Å². The fourth-order valence-corrected chi connectivity index (χ4v) is 2.92. The van der Waals surface area contributed by atoms with Crippen molar-refractivity contribution < 1.29 is 9.79 Å². The molecule has 0 aliphatic carbocycles. The Kier molecular flexibility index (Phi) is 5.57. The van der Waals surface area contributed by atoms with Crippen LogP contribution in [0.4, 0.5) is 0 Å². The molecule has 2 N–H and O–H groups in total. The Morgan fingerprint density at radius 3 is 1.32 bits per heavy atom. The molecule has 0 atom stereocenters. The van der Waals surface area contributed by atoms with Crippen molar-refractivity contribution in [1.29, 1.82) is 0 Å². The van der Waals surface area contributed by atoms with Crippen LogP contribution in [0.15, 0.2) is 84.9 Å². The Bertz CT molecular complexity index is 977. The van der Waals surface area contributed by atoms with Gasteiger partial charge in [0, 0.05) is 0 Å². The van der Waals surface area contributed by atoms with Gasteiger partial charge in [0.1, 0.15) is 0 Å². The standard InChI is InChI=1S/C20H14.H3O2PS2/c1-3-11-17-15(7-1)9-5-13-19(17)20-14-6-10-16-8-2-4-12-18(16)20;1-3(2,4)5/h1-14H;(H3,1,2,4,5). The zero-order valence-corrected chi connectivity index (χ0v) is 15.9. The lowest BCUT2D eigenvalue weighted by Crippen LogP contribution is -1.83. The van der Waals surface area contributed by atoms with Crippen LogP contribution in [-0.2, 0) is 11.8 Å². The van der Waals surface area contributed by atoms with Gasteiger partial charge < -0.3 is 9.79 Å². The van der Waals surface area contributed by atoms with Crippen LogP contribution in [0.25, 0.3) is 32.7 Å². The molecular weight excluding hydrogens is 367 g/mol. The number of hydrogen-bond acceptors (Lipinski definition) is 1. The van der Waals surface area contributed by atoms with Crippen molar-refractivity contribution in [3.05, 3.63) is 84.9 Å². The summed E-state index contributed by atoms with van der Waals surface area (Å²) in [5.41, 5.74) is -0.500. The first-order valence-corrected chi connectivity index (χ1v) is 11.5. The van der Waals surface area contributed by atoms with Crippen LogP contribution in [0.3, 0.4) is 0 Å². The second kappa shape index (κ2) is 7.69. The zero-order valence-electron chi connectivity index (χ0n) is 13.3. The second-order valence-electron chi connectivity index (χ2n) is 5.57. The predicted octanol–water partition coefficient (Wildman–Crippen LogP) is 5.79. The summed E-state index contributed by atoms with van der Waals surface area (Å²) in [6.07, 6.45) is 0. The molecule has 0 heterocycles. The highest BCUT2D eigenvalue weighted by molar-refractivity contribution is 8.59. The molecule has 4 aromatic rings. The van der Waals surface area contributed by atoms with Crippen molar-refractivity contribution in [2.75, 3.05) is 0 Å². The minimum absolute atomic E-state index is 1.29. The Labute approximate surface area is 157 Å². The predicted molar refractivity (Wildman–Crippen MR) is 115 cm³/mol. The number of thiol groups is 1. The van der Waals surface area contributed by atoms with Gasteiger partial charge in [0.25, 0.3) is 0 Å². The first-order chi connectivity index (χ1) is 11.9. The van der Waals surface area contributed by atoms with E-state index in [9.17, 15) is 0 Å². The van der Waals surface area contributed by atoms with Gasteiger partial charge in [-0.3, -0.25) is 0 Å². The molecule has 0 aliphatic rings. The summed E-state index contributed by atoms with van der Waals surface area (Å²) in [6, 6.07) is 30.2. The molecule has 4 rings (SSSR count). The molecular formula is C20H17O2PS2. The first kappa shape index (κ1) is 18.1. The van der Waals surface area contributed by atoms with Crippen LogP contribution in [0, 0.1) is 0 Å². The maximum absolute atomic E-state index is 7.87. The summed E-state index contributed by atoms with van der Waals surface area (Å²) in [6.45, 7) is 0. The van der Waals surface area contributed by atoms with Crippen molar-refractivity contribution in [3.8, 4) is 11.1 Å². The van der Waals surface area contributed by atoms with E-state index in [2.05, 4.69) is 109 Å². The van der Waals surface area contributed by atoms with Crippen molar-refractivity contribution in [3.63, 3.8) is 0 Å². The van der Waals surface area contributed by atoms with Crippen LogP contribution in [-0.4, -0.2) is 9.79 Å². The zero-order chi connectivity index (χ0) is 17.9. The van der Waals surface area contributed by atoms with E-state index < -0.39 is 5.69 Å². The molecule has 0 aliphatic heterocycles. The van der Waals surface area contributed by atoms with E-state index in [0.717, 1.165) is 0 Å². The molecule has 5 heteroatoms. The van der Waals surface area contributed by atoms with Gasteiger partial charge in [0.15, 0.2) is 0 Å². The molecule has 0 fully saturated rings. The molecule has 0 saturated carbocycles. The molecule has 126 valence electrons. The van der Waals surface area contributed by atoms with Crippen molar-refractivity contribution >= 4 is 51.3 Å². The van der Waals surface area contributed by atoms with E-state index in [1.54, 1.807) is 0 Å². The number of hydrogen-bond donors (Lipinski definition) is 3. The highest BCUT2D eigenvalue weighted by atomic mass is 32.9. The molecule has 0 radical (unpaired) electrons. The minimum atomic E-state index is -3.11. The lowest BCUT2D eigenvalue weighted by Gasteiger charge is -2.10. The number of fused-ring (bicyclic) bond motifs is 2. The Morgan fingerprint density at radius 2 is 0.920 bits per heavy atom. The SMILES string of the molecule is OP(O)(=S)S.c1ccc2c(-c3cccc4ccccc34)cccc2c1. The maximum Gasteiger partial charge on any atom is 0.239 e. The van der Waals surface area contributed by atoms with E-state index in [0.29, 0.717) is 0 Å². The summed E-state index contributed by atoms with van der Waals surface area (Å²) < 4.78 is 0. The summed E-state index contributed by atoms with van der Waals surface area (Å²) in [4.78, 5) is 15.7. The van der Waals surface area contributed by atoms with E-state index in [1.165, 1.54) is 32.7 Å². The van der Waals surface area contributed by atoms with Gasteiger partial charge in [0.2, 0.25) is 5.69 Å². The molecule has 0 unspecified atom stereocenters. The van der Waals surface area contributed by atoms with Gasteiger partial charge >= 0.3 is 0 Å². The fourth-order valence-electron chi connectivity index (χ4n) is 2.92. The average Bonchev–Trinajstić information content (AvgIpc) is 2.59. The van der Waals surface area contributed by atoms with Gasteiger partial charge in [-0.1, -0.05) is 97.2 Å². The summed E-state index contributed by atoms with van der Waals surface area (Å²) >= 11 is 7.07. The van der Waals surface area contributed by atoms with E-state index in [4.69, 9.17) is 9.79 Å². The molecule has 2 nitrogen and oxygen atoms in total. The minimum Gasteiger partial charge on any atom is -0.338 e. The largest absolute Gasteiger partial charge is 0.338 e. The van der Waals surface area contributed by atoms with Crippen LogP contribution in [0.1, 0.15) is 0 Å². The van der Waals surface area contributed by atoms with Gasteiger partial charge in [-0.25, -0.2) is 0 Å². The van der Waals surface area contributed by atoms with Gasteiger partial charge in [-0.05, 0) is 44.5 Å². The second-order valence-corrected chi connectivity index (χ2v) is 10.6. The van der Waals surface area contributed by atoms with Gasteiger partial charge in [0.05, 0.1) is 0 Å². The van der Waals surface area contributed by atoms with Crippen molar-refractivity contribution in [1.82, 2.24) is 0 Å². The molecule has 4 aromatic carbocycles. The van der Waals surface area contributed by atoms with Crippen LogP contribution in [0.5, 0.6) is 0 Å². The number of benzene rings is 4. The third kappa shape index (κ3) is 4.69. The summed E-state index contributed by atoms with van der Waals surface area (Å²) in [5, 5.41) is 5.20. The van der Waals surface area contributed by atoms with Crippen molar-refractivity contribution in [2.24, 2.45) is 0 Å². The normalized spacial score (nSPS) is 11.2. The summed E-state index contributed by atoms with van der Waals surface area (Å²) in [7, 11) is 0. The topological polar surface area (TPSA) is 40.5 Å². The van der Waals surface area contributed by atoms with Crippen molar-refractivity contribution in [2.45, 2.75) is 0 Å². The van der Waals surface area contributed by atoms with Gasteiger partial charge in [-0.15, -0.1) is 0 Å². The smallest absolute Gasteiger partial charge is 0.239 e. The number of rotatable bonds is 1. The fraction of sp³-hybridized carbons (Fsp3) is 0. The molecule has 0 amide bonds. The first-order valence-electron chi connectivity index (χ1n) is 7.68. The van der Waals surface area contributed by atoms with Gasteiger partial charge in [-0.2, -0.15) is 0 Å². The Morgan fingerprint density at radius 1 is 0.600 bits per heavy atom. The molecule has 25 heavy (non-hydrogen) atoms. The monoisotopic (exact) mass is 384 g/mol. The third-order valence-electron chi connectivity index (χ3n) is 3.87. The lowest BCUT2D eigenvalue weighted by atomic mass is 9.94. The highest BCUT2D eigenvalue weighted by Gasteiger charge is 2.06. The molecule has 0 saturated heterocycles. The molecule has 0 bridgehead atoms. The third-order valence-corrected chi connectivity index (χ3v) is 3.87. The molecule has 0 spiro atoms. The summed E-state index contributed by atoms with van der Waals surface area (Å²) in [5.74, 6) is 0. The Hall–Kier alpha value is -1.68. The molecule has 0 aromatic heterocycles. The quantitative estimate of drug-likeness (QED) is 0.288. The van der Waals surface area contributed by atoms with E-state index >= 15 is 0 Å².